The molecule has 6 nitrogen and oxygen atoms in total. The maximum Gasteiger partial charge on any atom is 0.295 e. The maximum atomic E-state index is 10.6. The van der Waals surface area contributed by atoms with Gasteiger partial charge in [-0.2, -0.15) is 4.98 Å². The first-order chi connectivity index (χ1) is 8.70. The number of fused-ring (bicyclic) bond motifs is 1. The van der Waals surface area contributed by atoms with Crippen molar-refractivity contribution in [2.75, 3.05) is 11.9 Å². The fourth-order valence-electron chi connectivity index (χ4n) is 1.68. The summed E-state index contributed by atoms with van der Waals surface area (Å²) in [6.45, 7) is 2.93. The molecule has 1 aromatic carbocycles. The average molecular weight is 249 g/mol. The molecular formula is C12H15N3O3. The van der Waals surface area contributed by atoms with E-state index in [1.807, 2.05) is 0 Å². The molecule has 0 fully saturated rings. The number of unbranched alkanes of at least 4 members (excludes halogenated alkanes) is 2. The van der Waals surface area contributed by atoms with E-state index >= 15 is 0 Å². The van der Waals surface area contributed by atoms with Gasteiger partial charge < -0.3 is 9.73 Å². The molecule has 18 heavy (non-hydrogen) atoms. The minimum atomic E-state index is -0.442. The summed E-state index contributed by atoms with van der Waals surface area (Å²) in [6, 6.07) is 4.81. The van der Waals surface area contributed by atoms with Gasteiger partial charge in [-0.3, -0.25) is 10.1 Å². The number of hydrogen-bond acceptors (Lipinski definition) is 5. The fraction of sp³-hybridized carbons (Fsp3) is 0.417. The van der Waals surface area contributed by atoms with E-state index < -0.39 is 4.92 Å². The highest BCUT2D eigenvalue weighted by Crippen LogP contribution is 2.23. The normalized spacial score (nSPS) is 10.7. The number of nitro groups is 1. The lowest BCUT2D eigenvalue weighted by Gasteiger charge is -1.98. The van der Waals surface area contributed by atoms with Gasteiger partial charge in [-0.1, -0.05) is 19.8 Å². The third-order valence-corrected chi connectivity index (χ3v) is 2.64. The number of rotatable bonds is 6. The van der Waals surface area contributed by atoms with Crippen LogP contribution >= 0.6 is 0 Å². The van der Waals surface area contributed by atoms with Crippen LogP contribution in [0.15, 0.2) is 22.6 Å². The van der Waals surface area contributed by atoms with Crippen molar-refractivity contribution in [3.63, 3.8) is 0 Å². The molecule has 0 aliphatic carbocycles. The molecule has 96 valence electrons. The van der Waals surface area contributed by atoms with E-state index in [2.05, 4.69) is 17.2 Å². The van der Waals surface area contributed by atoms with Crippen molar-refractivity contribution < 1.29 is 9.34 Å². The van der Waals surface area contributed by atoms with Crippen LogP contribution in [-0.4, -0.2) is 16.5 Å². The highest BCUT2D eigenvalue weighted by atomic mass is 16.6. The van der Waals surface area contributed by atoms with Gasteiger partial charge in [0.1, 0.15) is 5.52 Å². The van der Waals surface area contributed by atoms with E-state index in [1.54, 1.807) is 6.07 Å². The second-order valence-corrected chi connectivity index (χ2v) is 4.06. The Bertz CT molecular complexity index is 550. The minimum Gasteiger partial charge on any atom is -0.424 e. The lowest BCUT2D eigenvalue weighted by molar-refractivity contribution is -0.384. The molecule has 0 saturated carbocycles. The van der Waals surface area contributed by atoms with Crippen molar-refractivity contribution in [1.82, 2.24) is 4.98 Å². The van der Waals surface area contributed by atoms with Gasteiger partial charge in [0.05, 0.1) is 4.92 Å². The van der Waals surface area contributed by atoms with Crippen molar-refractivity contribution in [2.45, 2.75) is 26.2 Å². The average Bonchev–Trinajstić information content (AvgIpc) is 2.76. The smallest absolute Gasteiger partial charge is 0.295 e. The predicted molar refractivity (Wildman–Crippen MR) is 68.7 cm³/mol. The third kappa shape index (κ3) is 2.77. The molecule has 0 aliphatic rings. The van der Waals surface area contributed by atoms with E-state index in [4.69, 9.17) is 4.42 Å². The molecule has 0 radical (unpaired) electrons. The largest absolute Gasteiger partial charge is 0.424 e. The Balaban J connectivity index is 2.09. The van der Waals surface area contributed by atoms with Gasteiger partial charge in [-0.25, -0.2) is 0 Å². The highest BCUT2D eigenvalue weighted by Gasteiger charge is 2.11. The van der Waals surface area contributed by atoms with Crippen LogP contribution in [0.2, 0.25) is 0 Å². The predicted octanol–water partition coefficient (Wildman–Crippen LogP) is 3.34. The van der Waals surface area contributed by atoms with Gasteiger partial charge >= 0.3 is 0 Å². The van der Waals surface area contributed by atoms with Crippen LogP contribution < -0.4 is 5.32 Å². The summed E-state index contributed by atoms with van der Waals surface area (Å²) in [4.78, 5) is 14.4. The van der Waals surface area contributed by atoms with Crippen LogP contribution in [0.4, 0.5) is 11.7 Å². The number of benzene rings is 1. The zero-order valence-electron chi connectivity index (χ0n) is 10.2. The van der Waals surface area contributed by atoms with Crippen molar-refractivity contribution >= 4 is 22.8 Å². The van der Waals surface area contributed by atoms with Crippen LogP contribution in [-0.2, 0) is 0 Å². The number of hydrogen-bond donors (Lipinski definition) is 1. The van der Waals surface area contributed by atoms with E-state index in [0.29, 0.717) is 17.1 Å². The van der Waals surface area contributed by atoms with Crippen LogP contribution in [0.5, 0.6) is 0 Å². The summed E-state index contributed by atoms with van der Waals surface area (Å²) in [5.74, 6) is 0. The zero-order valence-corrected chi connectivity index (χ0v) is 10.2. The molecule has 0 saturated heterocycles. The Kier molecular flexibility index (Phi) is 3.76. The van der Waals surface area contributed by atoms with Crippen LogP contribution in [0.3, 0.4) is 0 Å². The molecule has 0 bridgehead atoms. The molecular weight excluding hydrogens is 234 g/mol. The first kappa shape index (κ1) is 12.3. The van der Waals surface area contributed by atoms with Gasteiger partial charge in [0.2, 0.25) is 0 Å². The van der Waals surface area contributed by atoms with Crippen LogP contribution in [0.25, 0.3) is 11.1 Å². The van der Waals surface area contributed by atoms with E-state index in [9.17, 15) is 10.1 Å². The molecule has 1 heterocycles. The lowest BCUT2D eigenvalue weighted by Crippen LogP contribution is -2.00. The Morgan fingerprint density at radius 3 is 3.00 bits per heavy atom. The standard InChI is InChI=1S/C12H15N3O3/c1-2-3-4-7-13-12-14-10-8-9(15(16)17)5-6-11(10)18-12/h5-6,8H,2-4,7H2,1H3,(H,13,14). The SMILES string of the molecule is CCCCCNc1nc2cc([N+](=O)[O-])ccc2o1. The summed E-state index contributed by atoms with van der Waals surface area (Å²) in [6.07, 6.45) is 3.36. The van der Waals surface area contributed by atoms with Gasteiger partial charge in [0.25, 0.3) is 11.7 Å². The van der Waals surface area contributed by atoms with Gasteiger partial charge in [-0.15, -0.1) is 0 Å². The molecule has 6 heteroatoms. The first-order valence-corrected chi connectivity index (χ1v) is 5.99. The van der Waals surface area contributed by atoms with Crippen molar-refractivity contribution in [3.8, 4) is 0 Å². The van der Waals surface area contributed by atoms with E-state index in [0.717, 1.165) is 25.8 Å². The Morgan fingerprint density at radius 2 is 2.28 bits per heavy atom. The number of non-ortho nitro benzene ring substituents is 1. The zero-order chi connectivity index (χ0) is 13.0. The molecule has 1 N–H and O–H groups in total. The number of aromatic nitrogens is 1. The second-order valence-electron chi connectivity index (χ2n) is 4.06. The number of nitrogens with zero attached hydrogens (tertiary/aromatic N) is 2. The highest BCUT2D eigenvalue weighted by molar-refractivity contribution is 5.77. The van der Waals surface area contributed by atoms with Crippen molar-refractivity contribution in [3.05, 3.63) is 28.3 Å². The molecule has 1 aromatic heterocycles. The van der Waals surface area contributed by atoms with Gasteiger partial charge in [-0.05, 0) is 12.5 Å². The number of oxazole rings is 1. The number of nitrogens with one attached hydrogen (secondary N) is 1. The minimum absolute atomic E-state index is 0.0216. The van der Waals surface area contributed by atoms with Gasteiger partial charge in [0, 0.05) is 18.7 Å². The molecule has 0 unspecified atom stereocenters. The van der Waals surface area contributed by atoms with Crippen LogP contribution in [0.1, 0.15) is 26.2 Å². The lowest BCUT2D eigenvalue weighted by atomic mass is 10.2. The Morgan fingerprint density at radius 1 is 1.44 bits per heavy atom. The van der Waals surface area contributed by atoms with Crippen molar-refractivity contribution in [1.29, 1.82) is 0 Å². The molecule has 0 amide bonds. The monoisotopic (exact) mass is 249 g/mol. The summed E-state index contributed by atoms with van der Waals surface area (Å²) in [5, 5.41) is 13.7. The molecule has 0 spiro atoms. The van der Waals surface area contributed by atoms with Gasteiger partial charge in [0.15, 0.2) is 5.58 Å². The summed E-state index contributed by atoms with van der Waals surface area (Å²) >= 11 is 0. The fourth-order valence-corrected chi connectivity index (χ4v) is 1.68. The third-order valence-electron chi connectivity index (χ3n) is 2.64. The molecule has 2 aromatic rings. The molecule has 2 rings (SSSR count). The van der Waals surface area contributed by atoms with E-state index in [-0.39, 0.29) is 5.69 Å². The van der Waals surface area contributed by atoms with E-state index in [1.165, 1.54) is 12.1 Å². The molecule has 0 atom stereocenters. The maximum absolute atomic E-state index is 10.6. The number of anilines is 1. The topological polar surface area (TPSA) is 81.2 Å². The summed E-state index contributed by atoms with van der Waals surface area (Å²) in [7, 11) is 0. The first-order valence-electron chi connectivity index (χ1n) is 5.99. The van der Waals surface area contributed by atoms with Crippen LogP contribution in [0, 0.1) is 10.1 Å². The summed E-state index contributed by atoms with van der Waals surface area (Å²) < 4.78 is 5.44. The Labute approximate surface area is 104 Å². The molecule has 0 aliphatic heterocycles. The number of nitro benzene ring substituents is 1. The second kappa shape index (κ2) is 5.48. The summed E-state index contributed by atoms with van der Waals surface area (Å²) in [5.41, 5.74) is 1.08. The Hall–Kier alpha value is -2.11. The van der Waals surface area contributed by atoms with Crippen molar-refractivity contribution in [2.24, 2.45) is 0 Å². The quantitative estimate of drug-likeness (QED) is 0.482.